The summed E-state index contributed by atoms with van der Waals surface area (Å²) in [5.74, 6) is 1.99. The molecule has 3 rings (SSSR count). The van der Waals surface area contributed by atoms with E-state index in [0.717, 1.165) is 37.5 Å². The van der Waals surface area contributed by atoms with Gasteiger partial charge in [0.15, 0.2) is 0 Å². The number of aromatic nitrogens is 1. The summed E-state index contributed by atoms with van der Waals surface area (Å²) in [6, 6.07) is 5.67. The van der Waals surface area contributed by atoms with Crippen molar-refractivity contribution < 1.29 is 14.7 Å². The summed E-state index contributed by atoms with van der Waals surface area (Å²) in [7, 11) is 0. The molecule has 3 atom stereocenters. The first kappa shape index (κ1) is 25.5. The minimum atomic E-state index is -0.422. The molecule has 1 aromatic heterocycles. The van der Waals surface area contributed by atoms with E-state index in [0.29, 0.717) is 23.6 Å². The average Bonchev–Trinajstić information content (AvgIpc) is 2.67. The van der Waals surface area contributed by atoms with E-state index in [1.54, 1.807) is 6.07 Å². The zero-order valence-corrected chi connectivity index (χ0v) is 20.2. The lowest BCUT2D eigenvalue weighted by atomic mass is 9.78. The summed E-state index contributed by atoms with van der Waals surface area (Å²) < 4.78 is 1.97. The Kier molecular flexibility index (Phi) is 9.18. The predicted molar refractivity (Wildman–Crippen MR) is 126 cm³/mol. The molecule has 1 fully saturated rings. The molecule has 174 valence electrons. The second-order valence-corrected chi connectivity index (χ2v) is 11.3. The Morgan fingerprint density at radius 3 is 2.61 bits per heavy atom. The van der Waals surface area contributed by atoms with Crippen LogP contribution in [0.3, 0.4) is 0 Å². The minimum absolute atomic E-state index is 0.0341. The van der Waals surface area contributed by atoms with E-state index in [1.165, 1.54) is 0 Å². The molecule has 8 heteroatoms. The largest absolute Gasteiger partial charge is 0.483 e. The molecule has 1 amide bonds. The van der Waals surface area contributed by atoms with Crippen LogP contribution in [0.4, 0.5) is 0 Å². The summed E-state index contributed by atoms with van der Waals surface area (Å²) in [5, 5.41) is 10.7. The van der Waals surface area contributed by atoms with Crippen LogP contribution in [0.5, 0.6) is 0 Å². The summed E-state index contributed by atoms with van der Waals surface area (Å²) in [6.45, 7) is 13.7. The Labute approximate surface area is 189 Å². The first-order chi connectivity index (χ1) is 14.6. The molecule has 7 nitrogen and oxygen atoms in total. The third-order valence-electron chi connectivity index (χ3n) is 5.89. The zero-order valence-electron chi connectivity index (χ0n) is 19.3. The number of thioether (sulfide) groups is 1. The van der Waals surface area contributed by atoms with Crippen molar-refractivity contribution in [3.63, 3.8) is 0 Å². The maximum Gasteiger partial charge on any atom is 0.290 e. The fourth-order valence-electron chi connectivity index (χ4n) is 4.46. The number of rotatable bonds is 6. The quantitative estimate of drug-likeness (QED) is 0.646. The van der Waals surface area contributed by atoms with Gasteiger partial charge in [0.1, 0.15) is 0 Å². The maximum atomic E-state index is 12.7. The third kappa shape index (κ3) is 6.84. The van der Waals surface area contributed by atoms with E-state index in [1.807, 2.05) is 43.2 Å². The molecule has 3 heterocycles. The Morgan fingerprint density at radius 1 is 1.32 bits per heavy atom. The van der Waals surface area contributed by atoms with Gasteiger partial charge in [0.05, 0.1) is 6.04 Å². The van der Waals surface area contributed by atoms with Crippen LogP contribution in [0.25, 0.3) is 0 Å². The van der Waals surface area contributed by atoms with E-state index in [4.69, 9.17) is 9.90 Å². The zero-order chi connectivity index (χ0) is 23.2. The van der Waals surface area contributed by atoms with Gasteiger partial charge in [-0.25, -0.2) is 0 Å². The van der Waals surface area contributed by atoms with Crippen molar-refractivity contribution in [2.45, 2.75) is 58.2 Å². The Bertz CT molecular complexity index is 803. The van der Waals surface area contributed by atoms with Crippen LogP contribution in [0.1, 0.15) is 58.7 Å². The van der Waals surface area contributed by atoms with Crippen molar-refractivity contribution >= 4 is 24.1 Å². The highest BCUT2D eigenvalue weighted by Crippen LogP contribution is 2.40. The SMILES string of the molecule is CC(C)SCCN1C[C@H]2C[C@@H](C1)[C@H](CNC(=O)C(C)(C)C)n1c2cccc1=O.O=CO. The molecule has 2 bridgehead atoms. The standard InChI is InChI=1S/C22H35N3O2S.CH2O2/c1-15(2)28-10-9-24-13-16-11-17(14-24)19(12-23-21(27)22(3,4)5)25-18(16)7-6-8-20(25)26;2-1-3/h6-8,15-17,19H,9-14H2,1-5H3,(H,23,27);1H,(H,2,3)/t16-,17+,19+;/m1./s1. The van der Waals surface area contributed by atoms with Crippen molar-refractivity contribution in [3.05, 3.63) is 34.2 Å². The van der Waals surface area contributed by atoms with Gasteiger partial charge in [0.25, 0.3) is 12.0 Å². The van der Waals surface area contributed by atoms with Crippen molar-refractivity contribution in [2.24, 2.45) is 11.3 Å². The van der Waals surface area contributed by atoms with Gasteiger partial charge in [-0.05, 0) is 23.7 Å². The third-order valence-corrected chi connectivity index (χ3v) is 6.97. The molecule has 2 N–H and O–H groups in total. The van der Waals surface area contributed by atoms with Gasteiger partial charge < -0.3 is 19.9 Å². The maximum absolute atomic E-state index is 12.7. The number of fused-ring (bicyclic) bond motifs is 4. The van der Waals surface area contributed by atoms with Gasteiger partial charge in [-0.15, -0.1) is 0 Å². The fraction of sp³-hybridized carbons (Fsp3) is 0.696. The van der Waals surface area contributed by atoms with E-state index in [2.05, 4.69) is 30.1 Å². The highest BCUT2D eigenvalue weighted by molar-refractivity contribution is 7.99. The summed E-state index contributed by atoms with van der Waals surface area (Å²) in [5.41, 5.74) is 0.778. The van der Waals surface area contributed by atoms with Gasteiger partial charge in [-0.1, -0.05) is 40.7 Å². The van der Waals surface area contributed by atoms with E-state index in [-0.39, 0.29) is 24.0 Å². The molecule has 31 heavy (non-hydrogen) atoms. The normalized spacial score (nSPS) is 22.8. The number of piperidine rings is 1. The Morgan fingerprint density at radius 2 is 2.00 bits per heavy atom. The smallest absolute Gasteiger partial charge is 0.290 e. The molecular weight excluding hydrogens is 414 g/mol. The van der Waals surface area contributed by atoms with Crippen molar-refractivity contribution in [3.8, 4) is 0 Å². The number of nitrogens with zero attached hydrogens (tertiary/aromatic N) is 2. The Balaban J connectivity index is 0.00000107. The number of hydrogen-bond acceptors (Lipinski definition) is 5. The molecule has 0 radical (unpaired) electrons. The van der Waals surface area contributed by atoms with Crippen molar-refractivity contribution in [1.82, 2.24) is 14.8 Å². The van der Waals surface area contributed by atoms with Gasteiger partial charge in [0, 0.05) is 55.0 Å². The number of nitrogens with one attached hydrogen (secondary N) is 1. The number of amides is 1. The van der Waals surface area contributed by atoms with Gasteiger partial charge in [-0.3, -0.25) is 14.4 Å². The van der Waals surface area contributed by atoms with E-state index < -0.39 is 5.41 Å². The predicted octanol–water partition coefficient (Wildman–Crippen LogP) is 2.81. The number of carboxylic acid groups (broad SMARTS) is 1. The number of carbonyl (C=O) groups is 2. The first-order valence-corrected chi connectivity index (χ1v) is 12.0. The summed E-state index contributed by atoms with van der Waals surface area (Å²) in [6.07, 6.45) is 1.10. The molecule has 0 unspecified atom stereocenters. The van der Waals surface area contributed by atoms with E-state index >= 15 is 0 Å². The molecular formula is C23H37N3O4S. The average molecular weight is 452 g/mol. The van der Waals surface area contributed by atoms with Crippen LogP contribution in [0.15, 0.2) is 23.0 Å². The molecule has 0 spiro atoms. The van der Waals surface area contributed by atoms with Crippen LogP contribution < -0.4 is 10.9 Å². The molecule has 0 aliphatic carbocycles. The highest BCUT2D eigenvalue weighted by atomic mass is 32.2. The fourth-order valence-corrected chi connectivity index (χ4v) is 5.30. The number of likely N-dealkylation sites (tertiary alicyclic amines) is 1. The summed E-state index contributed by atoms with van der Waals surface area (Å²) in [4.78, 5) is 36.1. The summed E-state index contributed by atoms with van der Waals surface area (Å²) >= 11 is 2.00. The molecule has 0 aromatic carbocycles. The molecule has 1 saturated heterocycles. The van der Waals surface area contributed by atoms with Crippen molar-refractivity contribution in [1.29, 1.82) is 0 Å². The second kappa shape index (κ2) is 11.2. The second-order valence-electron chi connectivity index (χ2n) is 9.66. The minimum Gasteiger partial charge on any atom is -0.483 e. The lowest BCUT2D eigenvalue weighted by Gasteiger charge is -2.47. The monoisotopic (exact) mass is 451 g/mol. The van der Waals surface area contributed by atoms with Crippen LogP contribution in [0, 0.1) is 11.3 Å². The van der Waals surface area contributed by atoms with Gasteiger partial charge in [0.2, 0.25) is 5.91 Å². The van der Waals surface area contributed by atoms with Crippen LogP contribution in [-0.2, 0) is 9.59 Å². The number of hydrogen-bond donors (Lipinski definition) is 2. The van der Waals surface area contributed by atoms with E-state index in [9.17, 15) is 9.59 Å². The van der Waals surface area contributed by atoms with Crippen LogP contribution in [-0.4, -0.2) is 64.1 Å². The molecule has 2 aliphatic rings. The van der Waals surface area contributed by atoms with Crippen LogP contribution in [0.2, 0.25) is 0 Å². The molecule has 2 aliphatic heterocycles. The number of carbonyl (C=O) groups excluding carboxylic acids is 1. The first-order valence-electron chi connectivity index (χ1n) is 11.0. The van der Waals surface area contributed by atoms with Gasteiger partial charge in [-0.2, -0.15) is 11.8 Å². The lowest BCUT2D eigenvalue weighted by Crippen LogP contribution is -2.52. The topological polar surface area (TPSA) is 91.6 Å². The number of pyridine rings is 1. The lowest BCUT2D eigenvalue weighted by molar-refractivity contribution is -0.128. The van der Waals surface area contributed by atoms with Crippen LogP contribution >= 0.6 is 11.8 Å². The Hall–Kier alpha value is -1.80. The molecule has 0 saturated carbocycles. The van der Waals surface area contributed by atoms with Gasteiger partial charge >= 0.3 is 0 Å². The highest BCUT2D eigenvalue weighted by Gasteiger charge is 2.40. The van der Waals surface area contributed by atoms with Crippen molar-refractivity contribution in [2.75, 3.05) is 31.9 Å². The molecule has 1 aromatic rings.